The number of ether oxygens (including phenoxy) is 2. The molecule has 0 aliphatic rings. The average molecular weight is 420 g/mol. The predicted octanol–water partition coefficient (Wildman–Crippen LogP) is 4.45. The molecule has 0 saturated heterocycles. The number of rotatable bonds is 4. The summed E-state index contributed by atoms with van der Waals surface area (Å²) in [5.41, 5.74) is 0.585. The van der Waals surface area contributed by atoms with E-state index in [4.69, 9.17) is 9.47 Å². The molecule has 0 spiro atoms. The molecule has 2 rings (SSSR count). The maximum Gasteiger partial charge on any atom is 0.133 e. The Morgan fingerprint density at radius 3 is 2.29 bits per heavy atom. The van der Waals surface area contributed by atoms with Gasteiger partial charge in [0.25, 0.3) is 0 Å². The van der Waals surface area contributed by atoms with Gasteiger partial charge in [0, 0.05) is 15.6 Å². The van der Waals surface area contributed by atoms with Crippen molar-refractivity contribution in [3.05, 3.63) is 56.2 Å². The normalized spacial score (nSPS) is 12.1. The van der Waals surface area contributed by atoms with Gasteiger partial charge in [0.05, 0.1) is 18.7 Å². The van der Waals surface area contributed by atoms with Crippen LogP contribution in [-0.2, 0) is 0 Å². The first kappa shape index (κ1) is 16.3. The maximum atomic E-state index is 13.9. The zero-order chi connectivity index (χ0) is 15.6. The van der Waals surface area contributed by atoms with E-state index in [1.807, 2.05) is 0 Å². The highest BCUT2D eigenvalue weighted by Crippen LogP contribution is 2.38. The summed E-state index contributed by atoms with van der Waals surface area (Å²) >= 11 is 6.62. The molecule has 6 heteroatoms. The van der Waals surface area contributed by atoms with Crippen LogP contribution >= 0.6 is 31.9 Å². The predicted molar refractivity (Wildman–Crippen MR) is 85.4 cm³/mol. The summed E-state index contributed by atoms with van der Waals surface area (Å²) in [5, 5.41) is 10.5. The highest BCUT2D eigenvalue weighted by molar-refractivity contribution is 9.10. The standard InChI is InChI=1S/C15H13Br2FO3/c1-20-13-7-11(17)14(21-2)6-10(13)15(19)9-5-8(16)3-4-12(9)18/h3-7,15,19H,1-2H3. The first-order valence-electron chi connectivity index (χ1n) is 6.02. The Bertz CT molecular complexity index is 662. The molecular formula is C15H13Br2FO3. The average Bonchev–Trinajstić information content (AvgIpc) is 2.48. The molecule has 2 aromatic rings. The van der Waals surface area contributed by atoms with E-state index in [1.165, 1.54) is 26.4 Å². The van der Waals surface area contributed by atoms with Crippen LogP contribution in [0.2, 0.25) is 0 Å². The van der Waals surface area contributed by atoms with Gasteiger partial charge >= 0.3 is 0 Å². The van der Waals surface area contributed by atoms with E-state index in [9.17, 15) is 9.50 Å². The molecule has 1 atom stereocenters. The molecular weight excluding hydrogens is 407 g/mol. The number of hydrogen-bond acceptors (Lipinski definition) is 3. The Hall–Kier alpha value is -1.11. The molecule has 0 aliphatic carbocycles. The lowest BCUT2D eigenvalue weighted by molar-refractivity contribution is 0.209. The van der Waals surface area contributed by atoms with Crippen molar-refractivity contribution < 1.29 is 19.0 Å². The van der Waals surface area contributed by atoms with Crippen molar-refractivity contribution in [3.8, 4) is 11.5 Å². The number of hydrogen-bond donors (Lipinski definition) is 1. The summed E-state index contributed by atoms with van der Waals surface area (Å²) in [6, 6.07) is 7.70. The molecule has 0 radical (unpaired) electrons. The fraction of sp³-hybridized carbons (Fsp3) is 0.200. The number of aliphatic hydroxyl groups is 1. The van der Waals surface area contributed by atoms with Gasteiger partial charge < -0.3 is 14.6 Å². The van der Waals surface area contributed by atoms with Crippen LogP contribution < -0.4 is 9.47 Å². The molecule has 1 unspecified atom stereocenters. The SMILES string of the molecule is COc1cc(C(O)c2cc(Br)ccc2F)c(OC)cc1Br. The van der Waals surface area contributed by atoms with Crippen molar-refractivity contribution in [2.75, 3.05) is 14.2 Å². The van der Waals surface area contributed by atoms with Crippen LogP contribution in [0.4, 0.5) is 4.39 Å². The fourth-order valence-corrected chi connectivity index (χ4v) is 2.85. The second-order valence-electron chi connectivity index (χ2n) is 4.30. The Morgan fingerprint density at radius 2 is 1.67 bits per heavy atom. The first-order valence-corrected chi connectivity index (χ1v) is 7.61. The van der Waals surface area contributed by atoms with Crippen LogP contribution in [0.3, 0.4) is 0 Å². The molecule has 0 heterocycles. The van der Waals surface area contributed by atoms with Crippen LogP contribution in [0.5, 0.6) is 11.5 Å². The minimum Gasteiger partial charge on any atom is -0.496 e. The molecule has 1 N–H and O–H groups in total. The molecule has 2 aromatic carbocycles. The highest BCUT2D eigenvalue weighted by atomic mass is 79.9. The van der Waals surface area contributed by atoms with Gasteiger partial charge in [0.2, 0.25) is 0 Å². The zero-order valence-corrected chi connectivity index (χ0v) is 14.5. The van der Waals surface area contributed by atoms with E-state index in [0.29, 0.717) is 26.0 Å². The fourth-order valence-electron chi connectivity index (χ4n) is 1.99. The first-order chi connectivity index (χ1) is 9.97. The third-order valence-electron chi connectivity index (χ3n) is 3.05. The molecule has 0 aliphatic heterocycles. The van der Waals surface area contributed by atoms with Gasteiger partial charge in [0.15, 0.2) is 0 Å². The molecule has 0 saturated carbocycles. The molecule has 21 heavy (non-hydrogen) atoms. The minimum absolute atomic E-state index is 0.159. The van der Waals surface area contributed by atoms with E-state index < -0.39 is 11.9 Å². The topological polar surface area (TPSA) is 38.7 Å². The van der Waals surface area contributed by atoms with E-state index in [2.05, 4.69) is 31.9 Å². The van der Waals surface area contributed by atoms with Gasteiger partial charge in [-0.25, -0.2) is 4.39 Å². The number of methoxy groups -OCH3 is 2. The lowest BCUT2D eigenvalue weighted by Crippen LogP contribution is -2.05. The second kappa shape index (κ2) is 6.77. The van der Waals surface area contributed by atoms with Gasteiger partial charge in [-0.05, 0) is 46.3 Å². The highest BCUT2D eigenvalue weighted by Gasteiger charge is 2.21. The quantitative estimate of drug-likeness (QED) is 0.795. The molecule has 0 fully saturated rings. The van der Waals surface area contributed by atoms with Gasteiger partial charge in [-0.2, -0.15) is 0 Å². The van der Waals surface area contributed by atoms with Crippen LogP contribution in [0.1, 0.15) is 17.2 Å². The van der Waals surface area contributed by atoms with Crippen molar-refractivity contribution in [2.24, 2.45) is 0 Å². The van der Waals surface area contributed by atoms with Crippen molar-refractivity contribution in [1.82, 2.24) is 0 Å². The van der Waals surface area contributed by atoms with Crippen molar-refractivity contribution in [1.29, 1.82) is 0 Å². The van der Waals surface area contributed by atoms with E-state index >= 15 is 0 Å². The van der Waals surface area contributed by atoms with Gasteiger partial charge in [0.1, 0.15) is 23.4 Å². The largest absolute Gasteiger partial charge is 0.496 e. The Morgan fingerprint density at radius 1 is 1.00 bits per heavy atom. The molecule has 0 aromatic heterocycles. The Balaban J connectivity index is 2.56. The summed E-state index contributed by atoms with van der Waals surface area (Å²) in [6.45, 7) is 0. The summed E-state index contributed by atoms with van der Waals surface area (Å²) in [6.07, 6.45) is -1.17. The summed E-state index contributed by atoms with van der Waals surface area (Å²) < 4.78 is 25.8. The Labute approximate surface area is 139 Å². The van der Waals surface area contributed by atoms with Gasteiger partial charge in [-0.3, -0.25) is 0 Å². The summed E-state index contributed by atoms with van der Waals surface area (Å²) in [7, 11) is 3.00. The molecule has 0 amide bonds. The third kappa shape index (κ3) is 3.39. The molecule has 0 bridgehead atoms. The smallest absolute Gasteiger partial charge is 0.133 e. The number of aliphatic hydroxyl groups excluding tert-OH is 1. The monoisotopic (exact) mass is 418 g/mol. The van der Waals surface area contributed by atoms with Crippen LogP contribution in [0.15, 0.2) is 39.3 Å². The number of benzene rings is 2. The summed E-state index contributed by atoms with van der Waals surface area (Å²) in [5.74, 6) is 0.476. The van der Waals surface area contributed by atoms with Crippen molar-refractivity contribution >= 4 is 31.9 Å². The molecule has 3 nitrogen and oxygen atoms in total. The van der Waals surface area contributed by atoms with Gasteiger partial charge in [-0.1, -0.05) is 15.9 Å². The minimum atomic E-state index is -1.17. The Kier molecular flexibility index (Phi) is 5.24. The maximum absolute atomic E-state index is 13.9. The summed E-state index contributed by atoms with van der Waals surface area (Å²) in [4.78, 5) is 0. The lowest BCUT2D eigenvalue weighted by atomic mass is 10.00. The van der Waals surface area contributed by atoms with E-state index in [0.717, 1.165) is 0 Å². The van der Waals surface area contributed by atoms with Gasteiger partial charge in [-0.15, -0.1) is 0 Å². The van der Waals surface area contributed by atoms with Crippen LogP contribution in [0, 0.1) is 5.82 Å². The lowest BCUT2D eigenvalue weighted by Gasteiger charge is -2.18. The van der Waals surface area contributed by atoms with Crippen LogP contribution in [-0.4, -0.2) is 19.3 Å². The second-order valence-corrected chi connectivity index (χ2v) is 6.07. The van der Waals surface area contributed by atoms with E-state index in [-0.39, 0.29) is 5.56 Å². The van der Waals surface area contributed by atoms with E-state index in [1.54, 1.807) is 18.2 Å². The number of halogens is 3. The molecule has 112 valence electrons. The zero-order valence-electron chi connectivity index (χ0n) is 11.4. The third-order valence-corrected chi connectivity index (χ3v) is 4.16. The van der Waals surface area contributed by atoms with Crippen molar-refractivity contribution in [2.45, 2.75) is 6.10 Å². The van der Waals surface area contributed by atoms with Crippen molar-refractivity contribution in [3.63, 3.8) is 0 Å². The van der Waals surface area contributed by atoms with Crippen LogP contribution in [0.25, 0.3) is 0 Å².